The summed E-state index contributed by atoms with van der Waals surface area (Å²) in [6.45, 7) is 7.84. The summed E-state index contributed by atoms with van der Waals surface area (Å²) in [5.41, 5.74) is 1.22. The number of hydrogen-bond donors (Lipinski definition) is 1. The van der Waals surface area contributed by atoms with Gasteiger partial charge in [0.2, 0.25) is 0 Å². The topological polar surface area (TPSA) is 29.9 Å². The maximum Gasteiger partial charge on any atom is 0.0640 e. The quantitative estimate of drug-likeness (QED) is 0.849. The molecule has 1 saturated heterocycles. The molecule has 2 atom stereocenters. The Morgan fingerprint density at radius 3 is 3.00 bits per heavy atom. The van der Waals surface area contributed by atoms with Crippen LogP contribution >= 0.6 is 0 Å². The molecule has 90 valence electrons. The highest BCUT2D eigenvalue weighted by Crippen LogP contribution is 2.17. The zero-order valence-electron chi connectivity index (χ0n) is 10.6. The molecule has 0 amide bonds. The monoisotopic (exact) mass is 221 g/mol. The molecule has 1 aromatic heterocycles. The van der Waals surface area contributed by atoms with Gasteiger partial charge in [-0.05, 0) is 45.2 Å². The molecule has 3 nitrogen and oxygen atoms in total. The Morgan fingerprint density at radius 1 is 1.56 bits per heavy atom. The number of nitrogens with one attached hydrogen (secondary N) is 1. The lowest BCUT2D eigenvalue weighted by molar-refractivity contribution is 0.316. The van der Waals surface area contributed by atoms with Crippen molar-refractivity contribution in [3.63, 3.8) is 0 Å². The summed E-state index contributed by atoms with van der Waals surface area (Å²) >= 11 is 0. The summed E-state index contributed by atoms with van der Waals surface area (Å²) in [5.74, 6) is 0.860. The van der Waals surface area contributed by atoms with Crippen LogP contribution in [-0.4, -0.2) is 22.4 Å². The third-order valence-corrected chi connectivity index (χ3v) is 3.41. The molecule has 0 aromatic carbocycles. The van der Waals surface area contributed by atoms with Gasteiger partial charge in [0, 0.05) is 24.7 Å². The molecular formula is C13H23N3. The first kappa shape index (κ1) is 11.6. The second-order valence-electron chi connectivity index (χ2n) is 5.37. The van der Waals surface area contributed by atoms with E-state index in [-0.39, 0.29) is 0 Å². The minimum Gasteiger partial charge on any atom is -0.314 e. The van der Waals surface area contributed by atoms with Gasteiger partial charge >= 0.3 is 0 Å². The summed E-state index contributed by atoms with van der Waals surface area (Å²) in [4.78, 5) is 0. The van der Waals surface area contributed by atoms with Gasteiger partial charge in [0.05, 0.1) is 5.69 Å². The number of rotatable bonds is 3. The highest BCUT2D eigenvalue weighted by atomic mass is 15.3. The van der Waals surface area contributed by atoms with E-state index in [0.29, 0.717) is 12.1 Å². The summed E-state index contributed by atoms with van der Waals surface area (Å²) in [5, 5.41) is 8.19. The predicted octanol–water partition coefficient (Wildman–Crippen LogP) is 2.39. The van der Waals surface area contributed by atoms with Crippen LogP contribution in [0.5, 0.6) is 0 Å². The Bertz CT molecular complexity index is 330. The third-order valence-electron chi connectivity index (χ3n) is 3.41. The second kappa shape index (κ2) is 5.00. The Labute approximate surface area is 98.2 Å². The molecule has 2 unspecified atom stereocenters. The van der Waals surface area contributed by atoms with Gasteiger partial charge in [-0.3, -0.25) is 4.68 Å². The molecule has 1 fully saturated rings. The molecule has 0 saturated carbocycles. The highest BCUT2D eigenvalue weighted by Gasteiger charge is 2.19. The van der Waals surface area contributed by atoms with E-state index >= 15 is 0 Å². The van der Waals surface area contributed by atoms with Crippen molar-refractivity contribution in [3.05, 3.63) is 18.0 Å². The number of aromatic nitrogens is 2. The molecule has 3 heteroatoms. The van der Waals surface area contributed by atoms with Gasteiger partial charge in [0.15, 0.2) is 0 Å². The zero-order chi connectivity index (χ0) is 11.5. The largest absolute Gasteiger partial charge is 0.314 e. The Kier molecular flexibility index (Phi) is 3.64. The number of nitrogens with zero attached hydrogens (tertiary/aromatic N) is 2. The van der Waals surface area contributed by atoms with E-state index in [1.54, 1.807) is 0 Å². The lowest BCUT2D eigenvalue weighted by Gasteiger charge is -2.27. The van der Waals surface area contributed by atoms with E-state index < -0.39 is 0 Å². The van der Waals surface area contributed by atoms with Crippen molar-refractivity contribution >= 4 is 0 Å². The van der Waals surface area contributed by atoms with Crippen molar-refractivity contribution in [1.82, 2.24) is 15.1 Å². The van der Waals surface area contributed by atoms with Crippen LogP contribution in [0.4, 0.5) is 0 Å². The lowest BCUT2D eigenvalue weighted by Crippen LogP contribution is -2.38. The van der Waals surface area contributed by atoms with Crippen LogP contribution in [0.3, 0.4) is 0 Å². The lowest BCUT2D eigenvalue weighted by atomic mass is 9.92. The fourth-order valence-electron chi connectivity index (χ4n) is 2.40. The Hall–Kier alpha value is -0.830. The minimum absolute atomic E-state index is 0.465. The molecule has 16 heavy (non-hydrogen) atoms. The summed E-state index contributed by atoms with van der Waals surface area (Å²) in [7, 11) is 0. The van der Waals surface area contributed by atoms with Gasteiger partial charge in [-0.2, -0.15) is 5.10 Å². The molecule has 1 aliphatic rings. The van der Waals surface area contributed by atoms with Crippen LogP contribution in [0.2, 0.25) is 0 Å². The SMILES string of the molecule is CC1CCNC(Cc2ccn(C(C)C)n2)C1. The molecule has 2 heterocycles. The van der Waals surface area contributed by atoms with Gasteiger partial charge in [-0.15, -0.1) is 0 Å². The third kappa shape index (κ3) is 2.85. The van der Waals surface area contributed by atoms with Gasteiger partial charge in [0.25, 0.3) is 0 Å². The summed E-state index contributed by atoms with van der Waals surface area (Å²) in [6.07, 6.45) is 5.77. The molecule has 1 N–H and O–H groups in total. The average Bonchev–Trinajstić information content (AvgIpc) is 2.66. The van der Waals surface area contributed by atoms with Crippen LogP contribution in [-0.2, 0) is 6.42 Å². The van der Waals surface area contributed by atoms with Crippen molar-refractivity contribution in [2.45, 2.75) is 52.1 Å². The standard InChI is InChI=1S/C13H23N3/c1-10(2)16-7-5-12(15-16)9-13-8-11(3)4-6-14-13/h5,7,10-11,13-14H,4,6,8-9H2,1-3H3. The molecule has 2 rings (SSSR count). The van der Waals surface area contributed by atoms with Gasteiger partial charge in [-0.1, -0.05) is 6.92 Å². The minimum atomic E-state index is 0.465. The fraction of sp³-hybridized carbons (Fsp3) is 0.769. The van der Waals surface area contributed by atoms with Crippen molar-refractivity contribution in [1.29, 1.82) is 0 Å². The molecule has 0 spiro atoms. The van der Waals surface area contributed by atoms with Gasteiger partial charge in [-0.25, -0.2) is 0 Å². The van der Waals surface area contributed by atoms with E-state index in [0.717, 1.165) is 18.9 Å². The van der Waals surface area contributed by atoms with Gasteiger partial charge < -0.3 is 5.32 Å². The molecule has 0 bridgehead atoms. The highest BCUT2D eigenvalue weighted by molar-refractivity contribution is 5.02. The van der Waals surface area contributed by atoms with E-state index in [2.05, 4.69) is 43.4 Å². The van der Waals surface area contributed by atoms with Crippen LogP contribution in [0.25, 0.3) is 0 Å². The van der Waals surface area contributed by atoms with E-state index in [1.807, 2.05) is 4.68 Å². The van der Waals surface area contributed by atoms with Crippen LogP contribution in [0.1, 0.15) is 45.3 Å². The van der Waals surface area contributed by atoms with Gasteiger partial charge in [0.1, 0.15) is 0 Å². The summed E-state index contributed by atoms with van der Waals surface area (Å²) < 4.78 is 2.04. The maximum absolute atomic E-state index is 4.61. The van der Waals surface area contributed by atoms with Crippen molar-refractivity contribution in [2.75, 3.05) is 6.54 Å². The van der Waals surface area contributed by atoms with E-state index in [1.165, 1.54) is 18.5 Å². The van der Waals surface area contributed by atoms with Crippen molar-refractivity contribution in [3.8, 4) is 0 Å². The maximum atomic E-state index is 4.61. The molecular weight excluding hydrogens is 198 g/mol. The molecule has 0 aliphatic carbocycles. The average molecular weight is 221 g/mol. The van der Waals surface area contributed by atoms with Crippen molar-refractivity contribution < 1.29 is 0 Å². The molecule has 1 aliphatic heterocycles. The van der Waals surface area contributed by atoms with E-state index in [4.69, 9.17) is 0 Å². The van der Waals surface area contributed by atoms with E-state index in [9.17, 15) is 0 Å². The summed E-state index contributed by atoms with van der Waals surface area (Å²) in [6, 6.07) is 3.24. The second-order valence-corrected chi connectivity index (χ2v) is 5.37. The van der Waals surface area contributed by atoms with Crippen LogP contribution in [0.15, 0.2) is 12.3 Å². The first-order chi connectivity index (χ1) is 7.65. The first-order valence-electron chi connectivity index (χ1n) is 6.42. The van der Waals surface area contributed by atoms with Crippen LogP contribution < -0.4 is 5.32 Å². The molecule has 1 aromatic rings. The number of piperidine rings is 1. The predicted molar refractivity (Wildman–Crippen MR) is 66.5 cm³/mol. The van der Waals surface area contributed by atoms with Crippen molar-refractivity contribution in [2.24, 2.45) is 5.92 Å². The normalized spacial score (nSPS) is 26.2. The first-order valence-corrected chi connectivity index (χ1v) is 6.42. The molecule has 0 radical (unpaired) electrons. The Balaban J connectivity index is 1.92. The Morgan fingerprint density at radius 2 is 2.38 bits per heavy atom. The van der Waals surface area contributed by atoms with Crippen LogP contribution in [0, 0.1) is 5.92 Å². The fourth-order valence-corrected chi connectivity index (χ4v) is 2.40. The smallest absolute Gasteiger partial charge is 0.0640 e. The number of hydrogen-bond acceptors (Lipinski definition) is 2. The zero-order valence-corrected chi connectivity index (χ0v) is 10.6.